The van der Waals surface area contributed by atoms with Gasteiger partial charge in [0.1, 0.15) is 5.75 Å². The maximum atomic E-state index is 5.81. The largest absolute Gasteiger partial charge is 0.494 e. The maximum absolute atomic E-state index is 5.81. The Morgan fingerprint density at radius 1 is 0.810 bits per heavy atom. The average Bonchev–Trinajstić information content (AvgIpc) is 2.47. The SMILES string of the molecule is CCc1ccc(-c2ccc(OCCC(C)(C)C)cc2)cc1. The van der Waals surface area contributed by atoms with Crippen LogP contribution in [0.1, 0.15) is 39.7 Å². The third-order valence-electron chi connectivity index (χ3n) is 3.67. The molecule has 0 unspecified atom stereocenters. The Kier molecular flexibility index (Phi) is 5.06. The van der Waals surface area contributed by atoms with E-state index in [0.717, 1.165) is 25.2 Å². The number of ether oxygens (including phenoxy) is 1. The van der Waals surface area contributed by atoms with Crippen molar-refractivity contribution in [3.05, 3.63) is 54.1 Å². The minimum absolute atomic E-state index is 0.320. The predicted octanol–water partition coefficient (Wildman–Crippen LogP) is 5.73. The van der Waals surface area contributed by atoms with E-state index in [1.54, 1.807) is 0 Å². The van der Waals surface area contributed by atoms with Gasteiger partial charge in [0.25, 0.3) is 0 Å². The first kappa shape index (κ1) is 15.6. The molecule has 0 atom stereocenters. The predicted molar refractivity (Wildman–Crippen MR) is 90.8 cm³/mol. The van der Waals surface area contributed by atoms with Crippen LogP contribution in [0.5, 0.6) is 5.75 Å². The van der Waals surface area contributed by atoms with Gasteiger partial charge in [-0.05, 0) is 47.1 Å². The van der Waals surface area contributed by atoms with Gasteiger partial charge in [0.15, 0.2) is 0 Å². The molecule has 2 rings (SSSR count). The summed E-state index contributed by atoms with van der Waals surface area (Å²) in [5.41, 5.74) is 4.19. The molecule has 0 saturated heterocycles. The summed E-state index contributed by atoms with van der Waals surface area (Å²) in [5, 5.41) is 0. The van der Waals surface area contributed by atoms with Gasteiger partial charge in [-0.3, -0.25) is 0 Å². The van der Waals surface area contributed by atoms with Crippen molar-refractivity contribution >= 4 is 0 Å². The van der Waals surface area contributed by atoms with E-state index in [1.165, 1.54) is 16.7 Å². The van der Waals surface area contributed by atoms with Crippen LogP contribution in [-0.4, -0.2) is 6.61 Å². The zero-order chi connectivity index (χ0) is 15.3. The molecule has 1 nitrogen and oxygen atoms in total. The molecule has 0 bridgehead atoms. The first-order valence-electron chi connectivity index (χ1n) is 7.80. The van der Waals surface area contributed by atoms with E-state index in [2.05, 4.69) is 76.2 Å². The van der Waals surface area contributed by atoms with E-state index in [-0.39, 0.29) is 0 Å². The molecule has 2 aromatic rings. The van der Waals surface area contributed by atoms with Gasteiger partial charge in [0.05, 0.1) is 6.61 Å². The lowest BCUT2D eigenvalue weighted by Gasteiger charge is -2.18. The van der Waals surface area contributed by atoms with Crippen molar-refractivity contribution in [1.82, 2.24) is 0 Å². The van der Waals surface area contributed by atoms with Crippen molar-refractivity contribution in [1.29, 1.82) is 0 Å². The van der Waals surface area contributed by atoms with Crippen LogP contribution in [-0.2, 0) is 6.42 Å². The summed E-state index contributed by atoms with van der Waals surface area (Å²) in [7, 11) is 0. The third kappa shape index (κ3) is 4.93. The van der Waals surface area contributed by atoms with Crippen molar-refractivity contribution in [3.63, 3.8) is 0 Å². The van der Waals surface area contributed by atoms with Crippen molar-refractivity contribution in [2.24, 2.45) is 5.41 Å². The minimum atomic E-state index is 0.320. The highest BCUT2D eigenvalue weighted by molar-refractivity contribution is 5.64. The van der Waals surface area contributed by atoms with Crippen LogP contribution in [0.15, 0.2) is 48.5 Å². The molecule has 1 heteroatoms. The Hall–Kier alpha value is -1.76. The number of aryl methyl sites for hydroxylation is 1. The van der Waals surface area contributed by atoms with E-state index >= 15 is 0 Å². The Morgan fingerprint density at radius 3 is 1.81 bits per heavy atom. The molecule has 0 aromatic heterocycles. The highest BCUT2D eigenvalue weighted by Gasteiger charge is 2.09. The van der Waals surface area contributed by atoms with Crippen molar-refractivity contribution in [2.75, 3.05) is 6.61 Å². The molecule has 0 aliphatic carbocycles. The van der Waals surface area contributed by atoms with E-state index in [0.29, 0.717) is 5.41 Å². The number of benzene rings is 2. The Balaban J connectivity index is 1.98. The molecule has 0 aliphatic heterocycles. The lowest BCUT2D eigenvalue weighted by Crippen LogP contribution is -2.10. The standard InChI is InChI=1S/C20H26O/c1-5-16-6-8-17(9-7-16)18-10-12-19(13-11-18)21-15-14-20(2,3)4/h6-13H,5,14-15H2,1-4H3. The van der Waals surface area contributed by atoms with Crippen LogP contribution in [0, 0.1) is 5.41 Å². The molecule has 0 aliphatic rings. The van der Waals surface area contributed by atoms with Gasteiger partial charge in [-0.2, -0.15) is 0 Å². The third-order valence-corrected chi connectivity index (χ3v) is 3.67. The number of hydrogen-bond acceptors (Lipinski definition) is 1. The van der Waals surface area contributed by atoms with E-state index in [4.69, 9.17) is 4.74 Å². The molecule has 0 spiro atoms. The first-order valence-corrected chi connectivity index (χ1v) is 7.80. The summed E-state index contributed by atoms with van der Waals surface area (Å²) in [6.45, 7) is 9.66. The summed E-state index contributed by atoms with van der Waals surface area (Å²) < 4.78 is 5.81. The highest BCUT2D eigenvalue weighted by Crippen LogP contribution is 2.24. The molecular formula is C20H26O. The molecule has 0 heterocycles. The molecule has 0 N–H and O–H groups in total. The second-order valence-electron chi connectivity index (χ2n) is 6.73. The zero-order valence-electron chi connectivity index (χ0n) is 13.6. The Labute approximate surface area is 129 Å². The number of rotatable bonds is 5. The maximum Gasteiger partial charge on any atom is 0.119 e. The van der Waals surface area contributed by atoms with Gasteiger partial charge in [-0.1, -0.05) is 64.1 Å². The summed E-state index contributed by atoms with van der Waals surface area (Å²) in [6.07, 6.45) is 2.15. The van der Waals surface area contributed by atoms with Crippen LogP contribution in [0.25, 0.3) is 11.1 Å². The second-order valence-corrected chi connectivity index (χ2v) is 6.73. The fourth-order valence-electron chi connectivity index (χ4n) is 2.15. The second kappa shape index (κ2) is 6.80. The molecule has 0 radical (unpaired) electrons. The topological polar surface area (TPSA) is 9.23 Å². The van der Waals surface area contributed by atoms with Crippen LogP contribution < -0.4 is 4.74 Å². The molecule has 0 fully saturated rings. The van der Waals surface area contributed by atoms with Crippen molar-refractivity contribution in [3.8, 4) is 16.9 Å². The van der Waals surface area contributed by atoms with Gasteiger partial charge in [-0.25, -0.2) is 0 Å². The van der Waals surface area contributed by atoms with E-state index in [9.17, 15) is 0 Å². The van der Waals surface area contributed by atoms with Crippen LogP contribution in [0.4, 0.5) is 0 Å². The fourth-order valence-corrected chi connectivity index (χ4v) is 2.15. The lowest BCUT2D eigenvalue weighted by molar-refractivity contribution is 0.243. The van der Waals surface area contributed by atoms with Crippen LogP contribution in [0.3, 0.4) is 0 Å². The molecule has 112 valence electrons. The van der Waals surface area contributed by atoms with Crippen molar-refractivity contribution in [2.45, 2.75) is 40.5 Å². The molecule has 0 amide bonds. The van der Waals surface area contributed by atoms with Gasteiger partial charge in [0, 0.05) is 0 Å². The smallest absolute Gasteiger partial charge is 0.119 e. The molecular weight excluding hydrogens is 256 g/mol. The van der Waals surface area contributed by atoms with Gasteiger partial charge < -0.3 is 4.74 Å². The van der Waals surface area contributed by atoms with Gasteiger partial charge in [-0.15, -0.1) is 0 Å². The molecule has 21 heavy (non-hydrogen) atoms. The minimum Gasteiger partial charge on any atom is -0.494 e. The van der Waals surface area contributed by atoms with E-state index in [1.807, 2.05) is 0 Å². The lowest BCUT2D eigenvalue weighted by atomic mass is 9.93. The molecule has 2 aromatic carbocycles. The summed E-state index contributed by atoms with van der Waals surface area (Å²) in [5.74, 6) is 0.952. The first-order chi connectivity index (χ1) is 9.98. The summed E-state index contributed by atoms with van der Waals surface area (Å²) in [4.78, 5) is 0. The zero-order valence-corrected chi connectivity index (χ0v) is 13.6. The average molecular weight is 282 g/mol. The Morgan fingerprint density at radius 2 is 1.33 bits per heavy atom. The summed E-state index contributed by atoms with van der Waals surface area (Å²) >= 11 is 0. The highest BCUT2D eigenvalue weighted by atomic mass is 16.5. The normalized spacial score (nSPS) is 11.4. The van der Waals surface area contributed by atoms with Crippen LogP contribution in [0.2, 0.25) is 0 Å². The van der Waals surface area contributed by atoms with Crippen molar-refractivity contribution < 1.29 is 4.74 Å². The van der Waals surface area contributed by atoms with Gasteiger partial charge >= 0.3 is 0 Å². The summed E-state index contributed by atoms with van der Waals surface area (Å²) in [6, 6.07) is 17.2. The fraction of sp³-hybridized carbons (Fsp3) is 0.400. The quantitative estimate of drug-likeness (QED) is 0.680. The Bertz CT molecular complexity index is 544. The van der Waals surface area contributed by atoms with Crippen LogP contribution >= 0.6 is 0 Å². The number of hydrogen-bond donors (Lipinski definition) is 0. The monoisotopic (exact) mass is 282 g/mol. The van der Waals surface area contributed by atoms with Gasteiger partial charge in [0.2, 0.25) is 0 Å². The van der Waals surface area contributed by atoms with E-state index < -0.39 is 0 Å². The molecule has 0 saturated carbocycles.